The van der Waals surface area contributed by atoms with Crippen molar-refractivity contribution in [1.29, 1.82) is 0 Å². The molecule has 0 aliphatic carbocycles. The van der Waals surface area contributed by atoms with Gasteiger partial charge in [-0.05, 0) is 18.9 Å². The molecule has 128 valence electrons. The van der Waals surface area contributed by atoms with E-state index < -0.39 is 18.1 Å². The Balaban J connectivity index is 2.36. The third kappa shape index (κ3) is 9.49. The van der Waals surface area contributed by atoms with Gasteiger partial charge in [0.25, 0.3) is 0 Å². The van der Waals surface area contributed by atoms with E-state index in [1.165, 1.54) is 0 Å². The van der Waals surface area contributed by atoms with Gasteiger partial charge >= 0.3 is 12.1 Å². The molecule has 1 rings (SSSR count). The van der Waals surface area contributed by atoms with Gasteiger partial charge in [-0.2, -0.15) is 0 Å². The van der Waals surface area contributed by atoms with E-state index in [1.807, 2.05) is 37.3 Å². The predicted molar refractivity (Wildman–Crippen MR) is 82.9 cm³/mol. The van der Waals surface area contributed by atoms with Gasteiger partial charge in [0.05, 0.1) is 12.6 Å². The first-order valence-corrected chi connectivity index (χ1v) is 7.46. The number of hydrogen-bond donors (Lipinski definition) is 2. The summed E-state index contributed by atoms with van der Waals surface area (Å²) in [5.74, 6) is -0.931. The van der Waals surface area contributed by atoms with Crippen molar-refractivity contribution in [1.82, 2.24) is 5.32 Å². The van der Waals surface area contributed by atoms with Crippen LogP contribution in [0.3, 0.4) is 0 Å². The third-order valence-electron chi connectivity index (χ3n) is 2.93. The highest BCUT2D eigenvalue weighted by Gasteiger charge is 2.15. The van der Waals surface area contributed by atoms with E-state index in [0.717, 1.165) is 5.56 Å². The summed E-state index contributed by atoms with van der Waals surface area (Å²) in [6, 6.07) is 8.83. The van der Waals surface area contributed by atoms with Crippen LogP contribution in [0.25, 0.3) is 0 Å². The van der Waals surface area contributed by atoms with Gasteiger partial charge < -0.3 is 24.6 Å². The van der Waals surface area contributed by atoms with Gasteiger partial charge in [0, 0.05) is 13.0 Å². The molecule has 0 spiro atoms. The van der Waals surface area contributed by atoms with Crippen molar-refractivity contribution in [3.05, 3.63) is 35.9 Å². The van der Waals surface area contributed by atoms with Crippen LogP contribution >= 0.6 is 0 Å². The van der Waals surface area contributed by atoms with E-state index in [9.17, 15) is 9.59 Å². The summed E-state index contributed by atoms with van der Waals surface area (Å²) in [6.45, 7) is 2.77. The van der Waals surface area contributed by atoms with Gasteiger partial charge in [-0.3, -0.25) is 4.79 Å². The molecule has 0 fully saturated rings. The maximum Gasteiger partial charge on any atom is 0.407 e. The van der Waals surface area contributed by atoms with Gasteiger partial charge in [0.15, 0.2) is 0 Å². The summed E-state index contributed by atoms with van der Waals surface area (Å²) in [4.78, 5) is 22.5. The Bertz CT molecular complexity index is 465. The Labute approximate surface area is 135 Å². The SMILES string of the molecule is CCOCOCC(CCC(=O)O)NC(=O)OCc1ccccc1. The first kappa shape index (κ1) is 18.9. The van der Waals surface area contributed by atoms with Crippen LogP contribution in [0, 0.1) is 0 Å². The van der Waals surface area contributed by atoms with E-state index in [4.69, 9.17) is 19.3 Å². The summed E-state index contributed by atoms with van der Waals surface area (Å²) >= 11 is 0. The lowest BCUT2D eigenvalue weighted by molar-refractivity contribution is -0.137. The normalized spacial score (nSPS) is 11.7. The monoisotopic (exact) mass is 325 g/mol. The Hall–Kier alpha value is -2.12. The van der Waals surface area contributed by atoms with Gasteiger partial charge in [0.2, 0.25) is 0 Å². The molecule has 0 saturated carbocycles. The highest BCUT2D eigenvalue weighted by molar-refractivity contribution is 5.68. The zero-order chi connectivity index (χ0) is 16.9. The van der Waals surface area contributed by atoms with Crippen molar-refractivity contribution in [2.45, 2.75) is 32.4 Å². The lowest BCUT2D eigenvalue weighted by atomic mass is 10.2. The zero-order valence-corrected chi connectivity index (χ0v) is 13.2. The molecule has 7 nitrogen and oxygen atoms in total. The Morgan fingerprint density at radius 3 is 2.61 bits per heavy atom. The standard InChI is InChI=1S/C16H23NO6/c1-2-21-12-22-11-14(8-9-15(18)19)17-16(20)23-10-13-6-4-3-5-7-13/h3-7,14H,2,8-12H2,1H3,(H,17,20)(H,18,19). The van der Waals surface area contributed by atoms with Crippen LogP contribution in [0.5, 0.6) is 0 Å². The summed E-state index contributed by atoms with van der Waals surface area (Å²) in [5.41, 5.74) is 0.873. The van der Waals surface area contributed by atoms with Crippen LogP contribution in [-0.4, -0.2) is 43.2 Å². The molecule has 0 heterocycles. The number of alkyl carbamates (subject to hydrolysis) is 1. The van der Waals surface area contributed by atoms with E-state index in [-0.39, 0.29) is 32.8 Å². The topological polar surface area (TPSA) is 94.1 Å². The molecule has 0 aliphatic rings. The van der Waals surface area contributed by atoms with Gasteiger partial charge in [0.1, 0.15) is 13.4 Å². The molecule has 0 saturated heterocycles. The molecule has 0 radical (unpaired) electrons. The fourth-order valence-electron chi connectivity index (χ4n) is 1.76. The minimum absolute atomic E-state index is 0.0678. The van der Waals surface area contributed by atoms with Crippen molar-refractivity contribution in [2.24, 2.45) is 0 Å². The molecule has 1 unspecified atom stereocenters. The number of hydrogen-bond acceptors (Lipinski definition) is 5. The fraction of sp³-hybridized carbons (Fsp3) is 0.500. The van der Waals surface area contributed by atoms with Crippen LogP contribution in [0.4, 0.5) is 4.79 Å². The minimum Gasteiger partial charge on any atom is -0.481 e. The number of rotatable bonds is 11. The molecule has 0 aliphatic heterocycles. The van der Waals surface area contributed by atoms with E-state index in [2.05, 4.69) is 5.32 Å². The lowest BCUT2D eigenvalue weighted by Gasteiger charge is -2.18. The van der Waals surface area contributed by atoms with Crippen LogP contribution in [0.15, 0.2) is 30.3 Å². The number of benzene rings is 1. The Kier molecular flexibility index (Phi) is 9.42. The molecule has 1 amide bonds. The van der Waals surface area contributed by atoms with Crippen molar-refractivity contribution in [3.8, 4) is 0 Å². The van der Waals surface area contributed by atoms with Crippen molar-refractivity contribution in [2.75, 3.05) is 20.0 Å². The molecular weight excluding hydrogens is 302 g/mol. The number of amides is 1. The van der Waals surface area contributed by atoms with Gasteiger partial charge in [-0.15, -0.1) is 0 Å². The number of aliphatic carboxylic acids is 1. The number of nitrogens with one attached hydrogen (secondary N) is 1. The van der Waals surface area contributed by atoms with Crippen LogP contribution in [0.2, 0.25) is 0 Å². The number of ether oxygens (including phenoxy) is 3. The molecule has 2 N–H and O–H groups in total. The second-order valence-electron chi connectivity index (χ2n) is 4.82. The third-order valence-corrected chi connectivity index (χ3v) is 2.93. The number of carboxylic acids is 1. The van der Waals surface area contributed by atoms with Gasteiger partial charge in [-0.1, -0.05) is 30.3 Å². The van der Waals surface area contributed by atoms with Crippen LogP contribution in [0.1, 0.15) is 25.3 Å². The zero-order valence-electron chi connectivity index (χ0n) is 13.2. The maximum absolute atomic E-state index is 11.8. The van der Waals surface area contributed by atoms with Crippen molar-refractivity contribution in [3.63, 3.8) is 0 Å². The number of carbonyl (C=O) groups excluding carboxylic acids is 1. The van der Waals surface area contributed by atoms with Gasteiger partial charge in [-0.25, -0.2) is 4.79 Å². The second-order valence-corrected chi connectivity index (χ2v) is 4.82. The molecule has 1 aromatic carbocycles. The smallest absolute Gasteiger partial charge is 0.407 e. The molecule has 0 aromatic heterocycles. The van der Waals surface area contributed by atoms with E-state index in [0.29, 0.717) is 6.61 Å². The van der Waals surface area contributed by atoms with Crippen LogP contribution in [-0.2, 0) is 25.6 Å². The van der Waals surface area contributed by atoms with Crippen molar-refractivity contribution >= 4 is 12.1 Å². The molecule has 1 aromatic rings. The molecule has 0 bridgehead atoms. The van der Waals surface area contributed by atoms with E-state index >= 15 is 0 Å². The minimum atomic E-state index is -0.931. The molecule has 1 atom stereocenters. The average Bonchev–Trinajstić information content (AvgIpc) is 2.55. The largest absolute Gasteiger partial charge is 0.481 e. The quantitative estimate of drug-likeness (QED) is 0.478. The summed E-state index contributed by atoms with van der Waals surface area (Å²) in [6.07, 6.45) is -0.423. The fourth-order valence-corrected chi connectivity index (χ4v) is 1.76. The Morgan fingerprint density at radius 2 is 1.96 bits per heavy atom. The summed E-state index contributed by atoms with van der Waals surface area (Å²) in [7, 11) is 0. The summed E-state index contributed by atoms with van der Waals surface area (Å²) in [5, 5.41) is 11.4. The second kappa shape index (κ2) is 11.4. The highest BCUT2D eigenvalue weighted by Crippen LogP contribution is 2.03. The Morgan fingerprint density at radius 1 is 1.22 bits per heavy atom. The average molecular weight is 325 g/mol. The first-order chi connectivity index (χ1) is 11.1. The number of carboxylic acid groups (broad SMARTS) is 1. The number of carbonyl (C=O) groups is 2. The molecular formula is C16H23NO6. The predicted octanol–water partition coefficient (Wildman–Crippen LogP) is 2.16. The van der Waals surface area contributed by atoms with E-state index in [1.54, 1.807) is 0 Å². The van der Waals surface area contributed by atoms with Crippen LogP contribution < -0.4 is 5.32 Å². The molecule has 7 heteroatoms. The molecule has 23 heavy (non-hydrogen) atoms. The summed E-state index contributed by atoms with van der Waals surface area (Å²) < 4.78 is 15.4. The highest BCUT2D eigenvalue weighted by atomic mass is 16.7. The maximum atomic E-state index is 11.8. The lowest BCUT2D eigenvalue weighted by Crippen LogP contribution is -2.39. The van der Waals surface area contributed by atoms with Crippen molar-refractivity contribution < 1.29 is 28.9 Å². The first-order valence-electron chi connectivity index (χ1n) is 7.46.